The van der Waals surface area contributed by atoms with Crippen molar-refractivity contribution in [1.82, 2.24) is 0 Å². The third kappa shape index (κ3) is 24.5. The second-order valence-electron chi connectivity index (χ2n) is 1.92. The highest BCUT2D eigenvalue weighted by molar-refractivity contribution is 7.94. The zero-order valence-electron chi connectivity index (χ0n) is 7.17. The summed E-state index contributed by atoms with van der Waals surface area (Å²) in [7, 11) is -10.2. The summed E-state index contributed by atoms with van der Waals surface area (Å²) >= 11 is 0. The first kappa shape index (κ1) is 15.3. The van der Waals surface area contributed by atoms with Gasteiger partial charge in [-0.2, -0.15) is 16.8 Å². The van der Waals surface area contributed by atoms with Gasteiger partial charge in [0.25, 0.3) is 0 Å². The van der Waals surface area contributed by atoms with E-state index in [0.717, 1.165) is 0 Å². The van der Waals surface area contributed by atoms with Crippen molar-refractivity contribution in [3.63, 3.8) is 0 Å². The fourth-order valence-corrected chi connectivity index (χ4v) is 0.978. The smallest absolute Gasteiger partial charge is 0.263 e. The Hall–Kier alpha value is -0.220. The van der Waals surface area contributed by atoms with Gasteiger partial charge in [-0.05, 0) is 0 Å². The topological polar surface area (TPSA) is 118 Å². The predicted molar refractivity (Wildman–Crippen MR) is 44.8 cm³/mol. The van der Waals surface area contributed by atoms with Crippen LogP contribution in [0.25, 0.3) is 0 Å². The third-order valence-electron chi connectivity index (χ3n) is 0.672. The summed E-state index contributed by atoms with van der Waals surface area (Å²) in [6.07, 6.45) is 2.64. The van der Waals surface area contributed by atoms with Crippen molar-refractivity contribution >= 4 is 20.8 Å². The summed E-state index contributed by atoms with van der Waals surface area (Å²) in [4.78, 5) is 0. The lowest BCUT2D eigenvalue weighted by Crippen LogP contribution is -2.10. The molecule has 0 aromatic heterocycles. The summed E-state index contributed by atoms with van der Waals surface area (Å²) in [6.45, 7) is 4.36. The minimum absolute atomic E-state index is 1.32. The van der Waals surface area contributed by atoms with E-state index in [9.17, 15) is 16.8 Å². The van der Waals surface area contributed by atoms with Crippen molar-refractivity contribution in [2.75, 3.05) is 0 Å². The first-order valence-corrected chi connectivity index (χ1v) is 6.01. The van der Waals surface area contributed by atoms with E-state index in [4.69, 9.17) is 9.11 Å². The van der Waals surface area contributed by atoms with E-state index >= 15 is 0 Å². The van der Waals surface area contributed by atoms with Crippen molar-refractivity contribution in [2.45, 2.75) is 26.7 Å². The zero-order valence-corrected chi connectivity index (χ0v) is 8.80. The monoisotopic (exact) mass is 236 g/mol. The Labute approximate surface area is 77.6 Å². The molecular weight excluding hydrogens is 224 g/mol. The molecule has 0 aliphatic carbocycles. The van der Waals surface area contributed by atoms with Gasteiger partial charge in [0.15, 0.2) is 0 Å². The van der Waals surface area contributed by atoms with Crippen LogP contribution >= 0.6 is 0 Å². The number of hydrogen-bond acceptors (Lipinski definition) is 5. The minimum atomic E-state index is -5.12. The van der Waals surface area contributed by atoms with Gasteiger partial charge in [0.05, 0.1) is 0 Å². The molecule has 0 aromatic carbocycles. The second-order valence-corrected chi connectivity index (χ2v) is 4.18. The molecule has 0 rings (SSSR count). The van der Waals surface area contributed by atoms with Crippen LogP contribution in [-0.2, 0) is 24.4 Å². The van der Waals surface area contributed by atoms with E-state index in [0.29, 0.717) is 0 Å². The van der Waals surface area contributed by atoms with Crippen molar-refractivity contribution in [3.05, 3.63) is 0 Å². The molecule has 0 atom stereocenters. The fraction of sp³-hybridized carbons (Fsp3) is 1.00. The molecule has 9 heteroatoms. The van der Waals surface area contributed by atoms with Crippen LogP contribution in [0.5, 0.6) is 0 Å². The Morgan fingerprint density at radius 1 is 0.923 bits per heavy atom. The third-order valence-corrected chi connectivity index (χ3v) is 2.05. The summed E-state index contributed by atoms with van der Waals surface area (Å²) in [5.41, 5.74) is 0. The van der Waals surface area contributed by atoms with Gasteiger partial charge in [0.2, 0.25) is 0 Å². The molecule has 0 heterocycles. The van der Waals surface area contributed by atoms with Gasteiger partial charge in [0, 0.05) is 0 Å². The Bertz CT molecular complexity index is 267. The largest absolute Gasteiger partial charge is 0.413 e. The Morgan fingerprint density at radius 3 is 1.15 bits per heavy atom. The van der Waals surface area contributed by atoms with E-state index in [1.54, 1.807) is 0 Å². The average Bonchev–Trinajstić information content (AvgIpc) is 1.80. The van der Waals surface area contributed by atoms with Gasteiger partial charge in [-0.1, -0.05) is 26.7 Å². The molecule has 0 bridgehead atoms. The van der Waals surface area contributed by atoms with Crippen molar-refractivity contribution in [1.29, 1.82) is 0 Å². The van der Waals surface area contributed by atoms with E-state index in [1.165, 1.54) is 12.8 Å². The van der Waals surface area contributed by atoms with Gasteiger partial charge in [-0.25, -0.2) is 0 Å². The quantitative estimate of drug-likeness (QED) is 0.681. The molecule has 2 N–H and O–H groups in total. The molecule has 0 spiro atoms. The maximum atomic E-state index is 9.44. The summed E-state index contributed by atoms with van der Waals surface area (Å²) in [6, 6.07) is 0. The first-order chi connectivity index (χ1) is 5.62. The van der Waals surface area contributed by atoms with Crippen LogP contribution in [0, 0.1) is 0 Å². The minimum Gasteiger partial charge on any atom is -0.263 e. The number of hydrogen-bond donors (Lipinski definition) is 2. The highest BCUT2D eigenvalue weighted by Gasteiger charge is 2.15. The first-order valence-electron chi connectivity index (χ1n) is 3.28. The lowest BCUT2D eigenvalue weighted by molar-refractivity contribution is 0.344. The second kappa shape index (κ2) is 6.27. The molecule has 0 aliphatic heterocycles. The van der Waals surface area contributed by atoms with Crippen LogP contribution in [0.2, 0.25) is 0 Å². The van der Waals surface area contributed by atoms with Crippen LogP contribution in [0.3, 0.4) is 0 Å². The van der Waals surface area contributed by atoms with Gasteiger partial charge in [0.1, 0.15) is 0 Å². The number of rotatable bonds is 3. The number of unbranched alkanes of at least 4 members (excludes halogenated alkanes) is 1. The van der Waals surface area contributed by atoms with Gasteiger partial charge >= 0.3 is 20.8 Å². The van der Waals surface area contributed by atoms with Crippen molar-refractivity contribution in [2.24, 2.45) is 0 Å². The Balaban J connectivity index is 0. The molecule has 0 radical (unpaired) electrons. The van der Waals surface area contributed by atoms with Gasteiger partial charge in [-0.3, -0.25) is 9.11 Å². The van der Waals surface area contributed by atoms with E-state index in [-0.39, 0.29) is 0 Å². The van der Waals surface area contributed by atoms with Crippen LogP contribution in [0.15, 0.2) is 0 Å². The van der Waals surface area contributed by atoms with Crippen LogP contribution < -0.4 is 0 Å². The summed E-state index contributed by atoms with van der Waals surface area (Å²) < 4.78 is 55.6. The van der Waals surface area contributed by atoms with Gasteiger partial charge in [-0.15, -0.1) is 3.63 Å². The van der Waals surface area contributed by atoms with Crippen molar-refractivity contribution in [3.8, 4) is 0 Å². The lowest BCUT2D eigenvalue weighted by Gasteiger charge is -1.89. The zero-order chi connectivity index (χ0) is 11.1. The highest BCUT2D eigenvalue weighted by Crippen LogP contribution is 1.91. The van der Waals surface area contributed by atoms with Crippen LogP contribution in [0.1, 0.15) is 26.7 Å². The SMILES string of the molecule is CCCC.O=S(=O)(O)OS(=O)(=O)O. The molecule has 0 unspecified atom stereocenters. The van der Waals surface area contributed by atoms with Crippen LogP contribution in [0.4, 0.5) is 0 Å². The molecule has 0 fully saturated rings. The highest BCUT2D eigenvalue weighted by atomic mass is 32.3. The average molecular weight is 236 g/mol. The molecule has 7 nitrogen and oxygen atoms in total. The normalized spacial score (nSPS) is 11.7. The maximum Gasteiger partial charge on any atom is 0.413 e. The molecule has 0 aromatic rings. The van der Waals surface area contributed by atoms with Crippen molar-refractivity contribution < 1.29 is 29.6 Å². The predicted octanol–water partition coefficient (Wildman–Crippen LogP) is 0.415. The molecule has 0 amide bonds. The molecule has 0 aliphatic rings. The molecular formula is C4H12O7S2. The molecule has 0 saturated heterocycles. The lowest BCUT2D eigenvalue weighted by atomic mass is 10.4. The Kier molecular flexibility index (Phi) is 7.36. The van der Waals surface area contributed by atoms with E-state index in [2.05, 4.69) is 17.5 Å². The molecule has 0 saturated carbocycles. The molecule has 82 valence electrons. The summed E-state index contributed by atoms with van der Waals surface area (Å²) in [5.74, 6) is 0. The summed E-state index contributed by atoms with van der Waals surface area (Å²) in [5, 5.41) is 0. The van der Waals surface area contributed by atoms with E-state index in [1.807, 2.05) is 0 Å². The fourth-order valence-electron chi connectivity index (χ4n) is 0.109. The maximum absolute atomic E-state index is 9.44. The van der Waals surface area contributed by atoms with E-state index < -0.39 is 20.8 Å². The molecule has 13 heavy (non-hydrogen) atoms. The van der Waals surface area contributed by atoms with Crippen LogP contribution in [-0.4, -0.2) is 25.9 Å². The standard InChI is InChI=1S/C4H10.H2O7S2/c1-3-4-2;1-8(2,3)7-9(4,5)6/h3-4H2,1-2H3;(H,1,2,3)(H,4,5,6). The van der Waals surface area contributed by atoms with Gasteiger partial charge < -0.3 is 0 Å². The Morgan fingerprint density at radius 2 is 1.15 bits per heavy atom.